The van der Waals surface area contributed by atoms with Gasteiger partial charge >= 0.3 is 41.9 Å². The summed E-state index contributed by atoms with van der Waals surface area (Å²) in [4.78, 5) is 0. The maximum absolute atomic E-state index is 6.76. The normalized spacial score (nSPS) is 11.1. The number of hydrogen-bond acceptors (Lipinski definition) is 0. The van der Waals surface area contributed by atoms with Gasteiger partial charge in [-0.15, -0.1) is 68.1 Å². The number of alkyl halides is 4. The van der Waals surface area contributed by atoms with Gasteiger partial charge in [-0.05, 0) is 11.1 Å². The number of fused-ring (bicyclic) bond motifs is 2. The largest absolute Gasteiger partial charge is 1.00 e. The molecular weight excluding hydrogens is 812 g/mol. The Morgan fingerprint density at radius 2 is 0.812 bits per heavy atom. The van der Waals surface area contributed by atoms with Crippen LogP contribution in [0.2, 0.25) is 13.1 Å². The molecule has 0 fully saturated rings. The zero-order valence-electron chi connectivity index (χ0n) is 28.5. The zero-order chi connectivity index (χ0) is 34.0. The summed E-state index contributed by atoms with van der Waals surface area (Å²) in [7, 11) is 0. The number of hydrogen-bond donors (Lipinski definition) is 0. The van der Waals surface area contributed by atoms with Crippen LogP contribution in [0.4, 0.5) is 0 Å². The smallest absolute Gasteiger partial charge is 0.159 e. The van der Waals surface area contributed by atoms with Gasteiger partial charge < -0.3 is 24.8 Å². The molecule has 8 heteroatoms. The Bertz CT molecular complexity index is 1850. The summed E-state index contributed by atoms with van der Waals surface area (Å²) < 4.78 is -2.09. The second-order valence-electron chi connectivity index (χ2n) is 12.2. The number of aryl methyl sites for hydroxylation is 6. The first-order valence-corrected chi connectivity index (χ1v) is 23.0. The Balaban J connectivity index is 0.000000289. The molecule has 0 heterocycles. The van der Waals surface area contributed by atoms with Crippen molar-refractivity contribution in [3.05, 3.63) is 153 Å². The van der Waals surface area contributed by atoms with Gasteiger partial charge in [-0.1, -0.05) is 172 Å². The van der Waals surface area contributed by atoms with E-state index in [4.69, 9.17) is 46.4 Å². The SMILES string of the molecule is C[Si](C)=[Zr+2].Cc1[cH-]c2c(C)ccc(C(Cl)(Cl)c3ccccc3)c2c1C.Cc1[cH-]c2c(C)ccc(C(Cl)(Cl)c3ccccc3)c2c1C.[Cl-].[Cl-]. The van der Waals surface area contributed by atoms with Crippen molar-refractivity contribution in [3.8, 4) is 0 Å². The third-order valence-corrected chi connectivity index (χ3v) is 10.2. The van der Waals surface area contributed by atoms with E-state index >= 15 is 0 Å². The van der Waals surface area contributed by atoms with E-state index < -0.39 is 8.67 Å². The molecule has 0 saturated carbocycles. The van der Waals surface area contributed by atoms with E-state index in [0.717, 1.165) is 22.3 Å². The summed E-state index contributed by atoms with van der Waals surface area (Å²) in [5.41, 5.74) is 11.5. The van der Waals surface area contributed by atoms with Gasteiger partial charge in [0.1, 0.15) is 0 Å². The summed E-state index contributed by atoms with van der Waals surface area (Å²) in [5, 5.41) is 4.84. The Labute approximate surface area is 334 Å². The molecule has 0 bridgehead atoms. The number of halogens is 6. The van der Waals surface area contributed by atoms with E-state index in [1.807, 2.05) is 60.7 Å². The fourth-order valence-electron chi connectivity index (χ4n) is 5.80. The quantitative estimate of drug-likeness (QED) is 0.101. The van der Waals surface area contributed by atoms with Crippen LogP contribution in [-0.2, 0) is 32.0 Å². The molecule has 0 unspecified atom stereocenters. The van der Waals surface area contributed by atoms with Crippen molar-refractivity contribution in [1.29, 1.82) is 0 Å². The van der Waals surface area contributed by atoms with Crippen molar-refractivity contribution in [2.24, 2.45) is 0 Å². The summed E-state index contributed by atoms with van der Waals surface area (Å²) in [6, 6.07) is 32.4. The van der Waals surface area contributed by atoms with Crippen LogP contribution >= 0.6 is 46.4 Å². The first-order valence-electron chi connectivity index (χ1n) is 15.3. The molecule has 0 aliphatic rings. The molecule has 252 valence electrons. The first kappa shape index (κ1) is 43.1. The minimum absolute atomic E-state index is 0. The van der Waals surface area contributed by atoms with Crippen LogP contribution in [0.1, 0.15) is 55.6 Å². The monoisotopic (exact) mass is 848 g/mol. The van der Waals surface area contributed by atoms with Crippen LogP contribution < -0.4 is 24.8 Å². The van der Waals surface area contributed by atoms with Crippen LogP contribution in [0.3, 0.4) is 0 Å². The fraction of sp³-hybridized carbons (Fsp3) is 0.250. The molecule has 6 aromatic rings. The molecule has 0 spiro atoms. The van der Waals surface area contributed by atoms with E-state index in [0.29, 0.717) is 0 Å². The molecule has 6 rings (SSSR count). The Morgan fingerprint density at radius 1 is 0.521 bits per heavy atom. The third kappa shape index (κ3) is 9.23. The second-order valence-corrected chi connectivity index (χ2v) is 24.3. The predicted octanol–water partition coefficient (Wildman–Crippen LogP) is 7.12. The summed E-state index contributed by atoms with van der Waals surface area (Å²) in [5.74, 6) is 0. The van der Waals surface area contributed by atoms with Crippen LogP contribution in [0.15, 0.2) is 97.1 Å². The Hall–Kier alpha value is -1.06. The predicted molar refractivity (Wildman–Crippen MR) is 203 cm³/mol. The van der Waals surface area contributed by atoms with E-state index in [1.165, 1.54) is 54.9 Å². The van der Waals surface area contributed by atoms with Crippen molar-refractivity contribution >= 4 is 73.4 Å². The molecule has 0 amide bonds. The van der Waals surface area contributed by atoms with E-state index in [1.54, 1.807) is 23.3 Å². The molecule has 0 aliphatic carbocycles. The third-order valence-electron chi connectivity index (χ3n) is 8.53. The minimum Gasteiger partial charge on any atom is -1.00 e. The summed E-state index contributed by atoms with van der Waals surface area (Å²) in [6.45, 7) is 17.4. The molecule has 6 aromatic carbocycles. The van der Waals surface area contributed by atoms with Crippen molar-refractivity contribution in [2.75, 3.05) is 0 Å². The molecule has 48 heavy (non-hydrogen) atoms. The van der Waals surface area contributed by atoms with Gasteiger partial charge in [0, 0.05) is 0 Å². The Morgan fingerprint density at radius 3 is 1.10 bits per heavy atom. The summed E-state index contributed by atoms with van der Waals surface area (Å²) in [6.07, 6.45) is 0. The van der Waals surface area contributed by atoms with E-state index in [-0.39, 0.29) is 30.2 Å². The van der Waals surface area contributed by atoms with Crippen LogP contribution in [0.25, 0.3) is 21.5 Å². The van der Waals surface area contributed by atoms with Crippen molar-refractivity contribution < 1.29 is 48.1 Å². The van der Waals surface area contributed by atoms with E-state index in [9.17, 15) is 0 Å². The number of rotatable bonds is 4. The molecular formula is C40H40Cl6SiZr-2. The van der Waals surface area contributed by atoms with Gasteiger partial charge in [-0.2, -0.15) is 11.1 Å². The van der Waals surface area contributed by atoms with Gasteiger partial charge in [0.05, 0.1) is 0 Å². The van der Waals surface area contributed by atoms with Gasteiger partial charge in [0.15, 0.2) is 8.67 Å². The van der Waals surface area contributed by atoms with Gasteiger partial charge in [0.25, 0.3) is 0 Å². The van der Waals surface area contributed by atoms with Crippen LogP contribution in [-0.4, -0.2) is 5.43 Å². The standard InChI is InChI=1S/2C19H17Cl2.C2H6Si.2ClH.Zr/c2*1-12-9-10-17(18-14(3)13(2)11-16(12)18)19(20,21)15-7-5-4-6-8-15;1-3-2;;;/h2*4-11H,1-3H3;1-2H3;2*1H;/q2*-1;;;;+2/p-2. The molecule has 0 aliphatic heterocycles. The number of benzene rings is 4. The molecule has 0 N–H and O–H groups in total. The molecule has 0 atom stereocenters. The van der Waals surface area contributed by atoms with Crippen molar-refractivity contribution in [3.63, 3.8) is 0 Å². The van der Waals surface area contributed by atoms with Crippen molar-refractivity contribution in [2.45, 2.75) is 63.3 Å². The van der Waals surface area contributed by atoms with E-state index in [2.05, 4.69) is 91.0 Å². The average molecular weight is 853 g/mol. The van der Waals surface area contributed by atoms with Gasteiger partial charge in [-0.25, -0.2) is 0 Å². The topological polar surface area (TPSA) is 0 Å². The summed E-state index contributed by atoms with van der Waals surface area (Å²) >= 11 is 28.8. The molecule has 0 saturated heterocycles. The molecule has 0 aromatic heterocycles. The maximum Gasteiger partial charge on any atom is 0.159 e. The van der Waals surface area contributed by atoms with Gasteiger partial charge in [-0.3, -0.25) is 0 Å². The van der Waals surface area contributed by atoms with Crippen LogP contribution in [0.5, 0.6) is 0 Å². The van der Waals surface area contributed by atoms with Crippen molar-refractivity contribution in [1.82, 2.24) is 0 Å². The molecule has 0 radical (unpaired) electrons. The first-order chi connectivity index (χ1) is 21.6. The fourth-order valence-corrected chi connectivity index (χ4v) is 6.93. The van der Waals surface area contributed by atoms with Crippen LogP contribution in [0, 0.1) is 41.5 Å². The maximum atomic E-state index is 6.76. The minimum atomic E-state index is -1.04. The second kappa shape index (κ2) is 17.9. The molecule has 0 nitrogen and oxygen atoms in total. The Kier molecular flexibility index (Phi) is 16.1. The van der Waals surface area contributed by atoms with Gasteiger partial charge in [0.2, 0.25) is 0 Å². The zero-order valence-corrected chi connectivity index (χ0v) is 36.5. The average Bonchev–Trinajstić information content (AvgIpc) is 3.49.